The molecule has 124 valence electrons. The quantitative estimate of drug-likeness (QED) is 0.637. The average Bonchev–Trinajstić information content (AvgIpc) is 2.94. The molecule has 0 radical (unpaired) electrons. The second kappa shape index (κ2) is 5.07. The lowest BCUT2D eigenvalue weighted by Gasteiger charge is -2.64. The molecule has 3 saturated carbocycles. The first-order valence-electron chi connectivity index (χ1n) is 7.84. The Morgan fingerprint density at radius 2 is 1.78 bits per heavy atom. The van der Waals surface area contributed by atoms with Gasteiger partial charge in [0.2, 0.25) is 5.91 Å². The Bertz CT molecular complexity index is 669. The molecule has 23 heavy (non-hydrogen) atoms. The number of esters is 1. The molecule has 2 bridgehead atoms. The maximum Gasteiger partial charge on any atom is 0.337 e. The van der Waals surface area contributed by atoms with Crippen LogP contribution in [-0.2, 0) is 9.53 Å². The van der Waals surface area contributed by atoms with Gasteiger partial charge in [0.05, 0.1) is 18.1 Å². The number of ether oxygens (including phenoxy) is 1. The third-order valence-corrected chi connectivity index (χ3v) is 8.33. The summed E-state index contributed by atoms with van der Waals surface area (Å²) in [6.07, 6.45) is 1.96. The molecule has 3 fully saturated rings. The van der Waals surface area contributed by atoms with Gasteiger partial charge in [-0.1, -0.05) is 36.7 Å². The summed E-state index contributed by atoms with van der Waals surface area (Å²) in [7, 11) is 1.35. The molecule has 3 aliphatic rings. The highest BCUT2D eigenvalue weighted by Gasteiger charge is 2.80. The van der Waals surface area contributed by atoms with Crippen molar-refractivity contribution < 1.29 is 14.3 Å². The van der Waals surface area contributed by atoms with Gasteiger partial charge in [-0.05, 0) is 47.9 Å². The number of halogens is 1. The Hall–Kier alpha value is -1.36. The van der Waals surface area contributed by atoms with Gasteiger partial charge < -0.3 is 10.1 Å². The molecule has 0 unspecified atom stereocenters. The van der Waals surface area contributed by atoms with Crippen molar-refractivity contribution in [2.24, 2.45) is 16.2 Å². The highest BCUT2D eigenvalue weighted by molar-refractivity contribution is 9.09. The van der Waals surface area contributed by atoms with Crippen LogP contribution in [0.15, 0.2) is 24.3 Å². The van der Waals surface area contributed by atoms with E-state index in [-0.39, 0.29) is 32.9 Å². The van der Waals surface area contributed by atoms with E-state index < -0.39 is 0 Å². The molecule has 1 N–H and O–H groups in total. The second-order valence-electron chi connectivity index (χ2n) is 7.40. The van der Waals surface area contributed by atoms with Gasteiger partial charge in [0.25, 0.3) is 0 Å². The van der Waals surface area contributed by atoms with Gasteiger partial charge in [-0.15, -0.1) is 0 Å². The monoisotopic (exact) mass is 379 g/mol. The van der Waals surface area contributed by atoms with Crippen molar-refractivity contribution in [3.8, 4) is 0 Å². The van der Waals surface area contributed by atoms with Gasteiger partial charge >= 0.3 is 5.97 Å². The number of nitrogens with one attached hydrogen (secondary N) is 1. The Morgan fingerprint density at radius 1 is 1.17 bits per heavy atom. The van der Waals surface area contributed by atoms with Crippen molar-refractivity contribution in [2.45, 2.75) is 38.4 Å². The van der Waals surface area contributed by atoms with E-state index in [2.05, 4.69) is 46.8 Å². The highest BCUT2D eigenvalue weighted by atomic mass is 79.9. The fourth-order valence-corrected chi connectivity index (χ4v) is 6.32. The molecule has 3 atom stereocenters. The van der Waals surface area contributed by atoms with Gasteiger partial charge in [0, 0.05) is 10.5 Å². The predicted molar refractivity (Wildman–Crippen MR) is 92.7 cm³/mol. The Labute approximate surface area is 145 Å². The number of rotatable bonds is 3. The number of fused-ring (bicyclic) bond motifs is 1. The van der Waals surface area contributed by atoms with Gasteiger partial charge in [-0.25, -0.2) is 4.79 Å². The lowest BCUT2D eigenvalue weighted by Crippen LogP contribution is -2.68. The van der Waals surface area contributed by atoms with E-state index in [1.165, 1.54) is 7.11 Å². The molecule has 4 nitrogen and oxygen atoms in total. The summed E-state index contributed by atoms with van der Waals surface area (Å²) < 4.78 is 4.68. The summed E-state index contributed by atoms with van der Waals surface area (Å²) in [4.78, 5) is 24.6. The molecule has 0 saturated heterocycles. The number of carbonyl (C=O) groups is 2. The third-order valence-electron chi connectivity index (χ3n) is 6.54. The molecule has 4 rings (SSSR count). The fourth-order valence-electron chi connectivity index (χ4n) is 4.51. The molecule has 0 spiro atoms. The summed E-state index contributed by atoms with van der Waals surface area (Å²) in [6.45, 7) is 6.64. The number of methoxy groups -OCH3 is 1. The number of alkyl halides is 1. The highest BCUT2D eigenvalue weighted by Crippen LogP contribution is 2.79. The number of benzene rings is 1. The normalized spacial score (nSPS) is 33.7. The summed E-state index contributed by atoms with van der Waals surface area (Å²) in [6, 6.07) is 6.80. The van der Waals surface area contributed by atoms with Crippen molar-refractivity contribution in [2.75, 3.05) is 12.4 Å². The summed E-state index contributed by atoms with van der Waals surface area (Å²) in [5.74, 6) is -0.321. The van der Waals surface area contributed by atoms with E-state index in [0.717, 1.165) is 12.8 Å². The number of hydrogen-bond acceptors (Lipinski definition) is 3. The van der Waals surface area contributed by atoms with Crippen LogP contribution in [0.4, 0.5) is 5.69 Å². The molecule has 0 heterocycles. The topological polar surface area (TPSA) is 55.4 Å². The minimum atomic E-state index is -0.381. The Kier molecular flexibility index (Phi) is 3.63. The molecular formula is C18H22BrNO3. The second-order valence-corrected chi connectivity index (χ2v) is 8.32. The minimum Gasteiger partial charge on any atom is -0.465 e. The molecule has 0 aromatic heterocycles. The van der Waals surface area contributed by atoms with Crippen LogP contribution in [0.3, 0.4) is 0 Å². The number of hydrogen-bond donors (Lipinski definition) is 1. The molecule has 0 aliphatic heterocycles. The maximum atomic E-state index is 13.0. The van der Waals surface area contributed by atoms with E-state index in [0.29, 0.717) is 11.3 Å². The van der Waals surface area contributed by atoms with Gasteiger partial charge in [-0.2, -0.15) is 0 Å². The number of amides is 1. The van der Waals surface area contributed by atoms with E-state index in [1.807, 2.05) is 0 Å². The minimum absolute atomic E-state index is 0.0375. The van der Waals surface area contributed by atoms with Crippen molar-refractivity contribution in [3.05, 3.63) is 29.8 Å². The van der Waals surface area contributed by atoms with Crippen LogP contribution in [0.2, 0.25) is 0 Å². The Balaban J connectivity index is 1.79. The van der Waals surface area contributed by atoms with Crippen LogP contribution in [0, 0.1) is 16.2 Å². The first-order valence-corrected chi connectivity index (χ1v) is 8.76. The zero-order valence-corrected chi connectivity index (χ0v) is 15.5. The van der Waals surface area contributed by atoms with Crippen LogP contribution >= 0.6 is 15.9 Å². The fraction of sp³-hybridized carbons (Fsp3) is 0.556. The summed E-state index contributed by atoms with van der Waals surface area (Å²) in [5.41, 5.74) is 0.930. The zero-order valence-electron chi connectivity index (χ0n) is 13.9. The van der Waals surface area contributed by atoms with Crippen molar-refractivity contribution in [1.82, 2.24) is 0 Å². The van der Waals surface area contributed by atoms with Crippen molar-refractivity contribution >= 4 is 33.5 Å². The van der Waals surface area contributed by atoms with E-state index in [9.17, 15) is 9.59 Å². The molecule has 1 aromatic rings. The van der Waals surface area contributed by atoms with E-state index in [1.54, 1.807) is 24.3 Å². The SMILES string of the molecule is COC(=O)c1ccc(NC(=O)[C@@]23CC[C@@](C)([C@@H]2Br)C3(C)C)cc1. The first kappa shape index (κ1) is 16.5. The number of carbonyl (C=O) groups excluding carboxylic acids is 2. The molecule has 3 aliphatic carbocycles. The first-order chi connectivity index (χ1) is 10.7. The van der Waals surface area contributed by atoms with Crippen LogP contribution in [-0.4, -0.2) is 23.8 Å². The van der Waals surface area contributed by atoms with E-state index >= 15 is 0 Å². The average molecular weight is 380 g/mol. The van der Waals surface area contributed by atoms with Crippen LogP contribution in [0.5, 0.6) is 0 Å². The zero-order chi connectivity index (χ0) is 17.0. The molecular weight excluding hydrogens is 358 g/mol. The van der Waals surface area contributed by atoms with Crippen LogP contribution < -0.4 is 5.32 Å². The maximum absolute atomic E-state index is 13.0. The summed E-state index contributed by atoms with van der Waals surface area (Å²) >= 11 is 3.77. The third kappa shape index (κ3) is 1.89. The molecule has 1 amide bonds. The largest absolute Gasteiger partial charge is 0.465 e. The van der Waals surface area contributed by atoms with Crippen molar-refractivity contribution in [1.29, 1.82) is 0 Å². The van der Waals surface area contributed by atoms with E-state index in [4.69, 9.17) is 0 Å². The standard InChI is InChI=1S/C18H22BrNO3/c1-16(2)17(3)9-10-18(16,14(17)19)15(22)20-12-7-5-11(6-8-12)13(21)23-4/h5-8,14H,9-10H2,1-4H3,(H,20,22)/t14-,17-,18+/m0/s1. The van der Waals surface area contributed by atoms with Crippen LogP contribution in [0.25, 0.3) is 0 Å². The lowest BCUT2D eigenvalue weighted by molar-refractivity contribution is -0.155. The van der Waals surface area contributed by atoms with Crippen LogP contribution in [0.1, 0.15) is 44.0 Å². The predicted octanol–water partition coefficient (Wildman–Crippen LogP) is 4.00. The molecule has 1 aromatic carbocycles. The van der Waals surface area contributed by atoms with Gasteiger partial charge in [0.1, 0.15) is 0 Å². The lowest BCUT2D eigenvalue weighted by atomic mass is 9.43. The smallest absolute Gasteiger partial charge is 0.337 e. The van der Waals surface area contributed by atoms with Gasteiger partial charge in [-0.3, -0.25) is 4.79 Å². The Morgan fingerprint density at radius 3 is 2.22 bits per heavy atom. The van der Waals surface area contributed by atoms with Gasteiger partial charge in [0.15, 0.2) is 0 Å². The number of anilines is 1. The summed E-state index contributed by atoms with van der Waals surface area (Å²) in [5, 5.41) is 3.03. The molecule has 5 heteroatoms. The van der Waals surface area contributed by atoms with Crippen molar-refractivity contribution in [3.63, 3.8) is 0 Å².